The summed E-state index contributed by atoms with van der Waals surface area (Å²) in [5.74, 6) is 0. The topological polar surface area (TPSA) is 22.0 Å². The quantitative estimate of drug-likeness (QED) is 0.780. The monoisotopic (exact) mass is 317 g/mol. The Balaban J connectivity index is 2.23. The molecule has 2 aromatic rings. The minimum atomic E-state index is 0.0774. The zero-order valence-electron chi connectivity index (χ0n) is 7.31. The van der Waals surface area contributed by atoms with E-state index < -0.39 is 0 Å². The van der Waals surface area contributed by atoms with Crippen molar-refractivity contribution in [2.45, 2.75) is 6.54 Å². The number of hydrogen-bond donors (Lipinski definition) is 0. The Bertz CT molecular complexity index is 471. The minimum absolute atomic E-state index is 0.0774. The third-order valence-corrected chi connectivity index (χ3v) is 3.42. The van der Waals surface area contributed by atoms with Crippen LogP contribution in [-0.4, -0.2) is 3.96 Å². The van der Waals surface area contributed by atoms with E-state index in [2.05, 4.69) is 34.7 Å². The first-order valence-electron chi connectivity index (χ1n) is 4.15. The molecule has 0 atom stereocenters. The van der Waals surface area contributed by atoms with Crippen LogP contribution in [0.1, 0.15) is 5.56 Å². The number of benzene rings is 1. The van der Waals surface area contributed by atoms with E-state index in [1.54, 1.807) is 10.0 Å². The lowest BCUT2D eigenvalue weighted by atomic mass is 10.2. The SMILES string of the molecule is O=c1ccsn1Cc1ccc(I)cc1. The molecular formula is C10H8INOS. The lowest BCUT2D eigenvalue weighted by Gasteiger charge is -2.00. The van der Waals surface area contributed by atoms with Crippen molar-refractivity contribution in [2.24, 2.45) is 0 Å². The summed E-state index contributed by atoms with van der Waals surface area (Å²) in [7, 11) is 0. The van der Waals surface area contributed by atoms with Crippen molar-refractivity contribution in [1.82, 2.24) is 3.96 Å². The van der Waals surface area contributed by atoms with Crippen molar-refractivity contribution < 1.29 is 0 Å². The molecule has 0 bridgehead atoms. The van der Waals surface area contributed by atoms with E-state index in [4.69, 9.17) is 0 Å². The molecule has 1 aromatic heterocycles. The van der Waals surface area contributed by atoms with Crippen molar-refractivity contribution in [3.63, 3.8) is 0 Å². The summed E-state index contributed by atoms with van der Waals surface area (Å²) in [6.45, 7) is 0.674. The standard InChI is InChI=1S/C10H8INOS/c11-9-3-1-8(2-4-9)7-12-10(13)5-6-14-12/h1-6H,7H2. The maximum Gasteiger partial charge on any atom is 0.260 e. The van der Waals surface area contributed by atoms with Crippen LogP contribution in [0.4, 0.5) is 0 Å². The van der Waals surface area contributed by atoms with Gasteiger partial charge in [0.15, 0.2) is 0 Å². The van der Waals surface area contributed by atoms with Gasteiger partial charge in [0.1, 0.15) is 0 Å². The van der Waals surface area contributed by atoms with Crippen LogP contribution in [0, 0.1) is 3.57 Å². The molecule has 1 aromatic carbocycles. The molecule has 0 N–H and O–H groups in total. The fraction of sp³-hybridized carbons (Fsp3) is 0.100. The molecule has 0 aliphatic carbocycles. The molecular weight excluding hydrogens is 309 g/mol. The molecule has 0 radical (unpaired) electrons. The lowest BCUT2D eigenvalue weighted by Crippen LogP contribution is -2.12. The molecule has 0 saturated heterocycles. The first-order valence-corrected chi connectivity index (χ1v) is 6.06. The van der Waals surface area contributed by atoms with Gasteiger partial charge in [-0.3, -0.25) is 8.75 Å². The smallest absolute Gasteiger partial charge is 0.260 e. The van der Waals surface area contributed by atoms with Gasteiger partial charge in [-0.1, -0.05) is 23.7 Å². The Labute approximate surface area is 99.5 Å². The van der Waals surface area contributed by atoms with E-state index >= 15 is 0 Å². The Kier molecular flexibility index (Phi) is 3.02. The Morgan fingerprint density at radius 3 is 2.50 bits per heavy atom. The summed E-state index contributed by atoms with van der Waals surface area (Å²) in [5.41, 5.74) is 1.24. The zero-order chi connectivity index (χ0) is 9.97. The van der Waals surface area contributed by atoms with Crippen molar-refractivity contribution in [2.75, 3.05) is 0 Å². The summed E-state index contributed by atoms with van der Waals surface area (Å²) in [4.78, 5) is 11.3. The number of nitrogens with zero attached hydrogens (tertiary/aromatic N) is 1. The molecule has 4 heteroatoms. The van der Waals surface area contributed by atoms with Crippen LogP contribution in [0.25, 0.3) is 0 Å². The van der Waals surface area contributed by atoms with Gasteiger partial charge in [0.2, 0.25) is 0 Å². The highest BCUT2D eigenvalue weighted by Crippen LogP contribution is 2.08. The van der Waals surface area contributed by atoms with Crippen LogP contribution in [0.5, 0.6) is 0 Å². The normalized spacial score (nSPS) is 10.4. The van der Waals surface area contributed by atoms with Gasteiger partial charge in [-0.25, -0.2) is 0 Å². The Morgan fingerprint density at radius 2 is 1.93 bits per heavy atom. The second-order valence-electron chi connectivity index (χ2n) is 2.91. The van der Waals surface area contributed by atoms with Crippen molar-refractivity contribution in [1.29, 1.82) is 0 Å². The van der Waals surface area contributed by atoms with Crippen LogP contribution in [0.2, 0.25) is 0 Å². The molecule has 0 aliphatic heterocycles. The Hall–Kier alpha value is -0.620. The van der Waals surface area contributed by atoms with E-state index in [1.165, 1.54) is 15.1 Å². The maximum absolute atomic E-state index is 11.3. The molecule has 72 valence electrons. The summed E-state index contributed by atoms with van der Waals surface area (Å²) in [6.07, 6.45) is 0. The van der Waals surface area contributed by atoms with Crippen LogP contribution < -0.4 is 5.56 Å². The fourth-order valence-corrected chi connectivity index (χ4v) is 2.24. The molecule has 2 rings (SSSR count). The van der Waals surface area contributed by atoms with E-state index in [-0.39, 0.29) is 5.56 Å². The van der Waals surface area contributed by atoms with E-state index in [0.717, 1.165) is 5.56 Å². The second-order valence-corrected chi connectivity index (χ2v) is 5.08. The van der Waals surface area contributed by atoms with Gasteiger partial charge in [-0.15, -0.1) is 0 Å². The van der Waals surface area contributed by atoms with Crippen LogP contribution in [0.3, 0.4) is 0 Å². The third-order valence-electron chi connectivity index (χ3n) is 1.88. The van der Waals surface area contributed by atoms with Gasteiger partial charge in [-0.2, -0.15) is 0 Å². The molecule has 0 spiro atoms. The highest BCUT2D eigenvalue weighted by Gasteiger charge is 1.98. The predicted octanol–water partition coefficient (Wildman–Crippen LogP) is 2.56. The van der Waals surface area contributed by atoms with Gasteiger partial charge in [0, 0.05) is 15.0 Å². The third kappa shape index (κ3) is 2.24. The number of aromatic nitrogens is 1. The van der Waals surface area contributed by atoms with Gasteiger partial charge < -0.3 is 0 Å². The highest BCUT2D eigenvalue weighted by molar-refractivity contribution is 14.1. The average molecular weight is 317 g/mol. The van der Waals surface area contributed by atoms with Crippen molar-refractivity contribution >= 4 is 34.1 Å². The van der Waals surface area contributed by atoms with Gasteiger partial charge in [-0.05, 0) is 40.3 Å². The highest BCUT2D eigenvalue weighted by atomic mass is 127. The molecule has 0 aliphatic rings. The van der Waals surface area contributed by atoms with Crippen molar-refractivity contribution in [3.05, 3.63) is 55.2 Å². The predicted molar refractivity (Wildman–Crippen MR) is 66.8 cm³/mol. The van der Waals surface area contributed by atoms with Crippen LogP contribution >= 0.6 is 34.1 Å². The molecule has 0 saturated carbocycles. The number of hydrogen-bond acceptors (Lipinski definition) is 2. The Morgan fingerprint density at radius 1 is 1.21 bits per heavy atom. The minimum Gasteiger partial charge on any atom is -0.268 e. The molecule has 2 nitrogen and oxygen atoms in total. The molecule has 0 fully saturated rings. The van der Waals surface area contributed by atoms with E-state index in [0.29, 0.717) is 6.54 Å². The summed E-state index contributed by atoms with van der Waals surface area (Å²) in [6, 6.07) is 9.79. The fourth-order valence-electron chi connectivity index (χ4n) is 1.17. The largest absolute Gasteiger partial charge is 0.268 e. The summed E-state index contributed by atoms with van der Waals surface area (Å²) >= 11 is 3.72. The van der Waals surface area contributed by atoms with Crippen LogP contribution in [0.15, 0.2) is 40.5 Å². The van der Waals surface area contributed by atoms with Gasteiger partial charge >= 0.3 is 0 Å². The number of halogens is 1. The second kappa shape index (κ2) is 4.27. The van der Waals surface area contributed by atoms with E-state index in [9.17, 15) is 4.79 Å². The zero-order valence-corrected chi connectivity index (χ0v) is 10.3. The summed E-state index contributed by atoms with van der Waals surface area (Å²) in [5, 5.41) is 1.81. The van der Waals surface area contributed by atoms with E-state index in [1.807, 2.05) is 17.5 Å². The van der Waals surface area contributed by atoms with Crippen LogP contribution in [-0.2, 0) is 6.54 Å². The number of rotatable bonds is 2. The van der Waals surface area contributed by atoms with Crippen molar-refractivity contribution in [3.8, 4) is 0 Å². The molecule has 0 unspecified atom stereocenters. The molecule has 14 heavy (non-hydrogen) atoms. The van der Waals surface area contributed by atoms with Gasteiger partial charge in [0.25, 0.3) is 5.56 Å². The summed E-state index contributed by atoms with van der Waals surface area (Å²) < 4.78 is 2.95. The lowest BCUT2D eigenvalue weighted by molar-refractivity contribution is 0.849. The van der Waals surface area contributed by atoms with Gasteiger partial charge in [0.05, 0.1) is 6.54 Å². The molecule has 1 heterocycles. The molecule has 0 amide bonds. The first-order chi connectivity index (χ1) is 6.75. The maximum atomic E-state index is 11.3. The average Bonchev–Trinajstić information content (AvgIpc) is 2.56. The first kappa shape index (κ1) is 9.92.